The molecule has 0 radical (unpaired) electrons. The number of pyridine rings is 1. The van der Waals surface area contributed by atoms with Gasteiger partial charge in [0.1, 0.15) is 5.82 Å². The van der Waals surface area contributed by atoms with Gasteiger partial charge in [0, 0.05) is 25.9 Å². The van der Waals surface area contributed by atoms with E-state index in [0.717, 1.165) is 4.31 Å². The summed E-state index contributed by atoms with van der Waals surface area (Å²) in [7, 11) is -2.26. The zero-order chi connectivity index (χ0) is 14.0. The van der Waals surface area contributed by atoms with Crippen molar-refractivity contribution in [2.45, 2.75) is 24.3 Å². The Kier molecular flexibility index (Phi) is 4.28. The van der Waals surface area contributed by atoms with Crippen LogP contribution >= 0.6 is 0 Å². The Labute approximate surface area is 107 Å². The van der Waals surface area contributed by atoms with Gasteiger partial charge in [0.25, 0.3) is 0 Å². The van der Waals surface area contributed by atoms with Gasteiger partial charge in [-0.1, -0.05) is 0 Å². The second kappa shape index (κ2) is 5.19. The first kappa shape index (κ1) is 14.8. The standard InChI is InChI=1S/C10H18N4O3S/c1-10(2,15)7-14(3)18(16,17)8-4-5-12-9(6-8)13-11/h4-6,15H,7,11H2,1-3H3,(H,12,13). The molecular formula is C10H18N4O3S. The van der Waals surface area contributed by atoms with Gasteiger partial charge in [-0.15, -0.1) is 0 Å². The fourth-order valence-electron chi connectivity index (χ4n) is 1.46. The molecule has 0 spiro atoms. The lowest BCUT2D eigenvalue weighted by Crippen LogP contribution is -2.39. The molecule has 0 saturated heterocycles. The molecule has 0 aliphatic carbocycles. The first-order valence-electron chi connectivity index (χ1n) is 5.28. The highest BCUT2D eigenvalue weighted by molar-refractivity contribution is 7.89. The number of hydrogen-bond donors (Lipinski definition) is 3. The maximum Gasteiger partial charge on any atom is 0.243 e. The Morgan fingerprint density at radius 3 is 2.67 bits per heavy atom. The molecule has 8 heteroatoms. The average Bonchev–Trinajstić information content (AvgIpc) is 2.27. The number of anilines is 1. The van der Waals surface area contributed by atoms with Crippen molar-refractivity contribution in [1.29, 1.82) is 0 Å². The SMILES string of the molecule is CN(CC(C)(C)O)S(=O)(=O)c1ccnc(NN)c1. The summed E-state index contributed by atoms with van der Waals surface area (Å²) in [5.74, 6) is 5.44. The monoisotopic (exact) mass is 274 g/mol. The number of rotatable bonds is 5. The Balaban J connectivity index is 3.05. The van der Waals surface area contributed by atoms with Gasteiger partial charge in [-0.2, -0.15) is 4.31 Å². The number of nitrogens with one attached hydrogen (secondary N) is 1. The molecule has 0 bridgehead atoms. The zero-order valence-electron chi connectivity index (χ0n) is 10.6. The summed E-state index contributed by atoms with van der Waals surface area (Å²) < 4.78 is 25.5. The molecule has 1 aromatic heterocycles. The summed E-state index contributed by atoms with van der Waals surface area (Å²) in [5.41, 5.74) is 1.18. The lowest BCUT2D eigenvalue weighted by molar-refractivity contribution is 0.0640. The average molecular weight is 274 g/mol. The third-order valence-corrected chi connectivity index (χ3v) is 4.00. The lowest BCUT2D eigenvalue weighted by Gasteiger charge is -2.25. The number of sulfonamides is 1. The summed E-state index contributed by atoms with van der Waals surface area (Å²) in [6, 6.07) is 2.70. The van der Waals surface area contributed by atoms with E-state index in [2.05, 4.69) is 10.4 Å². The van der Waals surface area contributed by atoms with Crippen LogP contribution in [0.1, 0.15) is 13.8 Å². The van der Waals surface area contributed by atoms with Crippen LogP contribution in [0.4, 0.5) is 5.82 Å². The molecule has 0 fully saturated rings. The largest absolute Gasteiger partial charge is 0.389 e. The predicted molar refractivity (Wildman–Crippen MR) is 68.2 cm³/mol. The van der Waals surface area contributed by atoms with Gasteiger partial charge in [0.15, 0.2) is 0 Å². The smallest absolute Gasteiger partial charge is 0.243 e. The quantitative estimate of drug-likeness (QED) is 0.505. The van der Waals surface area contributed by atoms with Gasteiger partial charge in [-0.25, -0.2) is 19.2 Å². The highest BCUT2D eigenvalue weighted by Gasteiger charge is 2.26. The number of hydrazine groups is 1. The predicted octanol–water partition coefficient (Wildman–Crippen LogP) is -0.241. The minimum Gasteiger partial charge on any atom is -0.389 e. The Morgan fingerprint density at radius 2 is 2.17 bits per heavy atom. The van der Waals surface area contributed by atoms with Crippen LogP contribution in [-0.4, -0.2) is 42.0 Å². The maximum atomic E-state index is 12.2. The van der Waals surface area contributed by atoms with Gasteiger partial charge < -0.3 is 10.5 Å². The van der Waals surface area contributed by atoms with Crippen LogP contribution in [0.5, 0.6) is 0 Å². The van der Waals surface area contributed by atoms with Crippen LogP contribution in [0, 0.1) is 0 Å². The molecule has 0 atom stereocenters. The second-order valence-corrected chi connectivity index (χ2v) is 6.64. The Hall–Kier alpha value is -1.22. The molecular weight excluding hydrogens is 256 g/mol. The number of hydrogen-bond acceptors (Lipinski definition) is 6. The molecule has 4 N–H and O–H groups in total. The summed E-state index contributed by atoms with van der Waals surface area (Å²) in [5, 5.41) is 9.65. The van der Waals surface area contributed by atoms with Crippen LogP contribution in [0.3, 0.4) is 0 Å². The number of aromatic nitrogens is 1. The van der Waals surface area contributed by atoms with Crippen molar-refractivity contribution in [3.05, 3.63) is 18.3 Å². The maximum absolute atomic E-state index is 12.2. The number of aliphatic hydroxyl groups is 1. The topological polar surface area (TPSA) is 109 Å². The molecule has 0 aliphatic heterocycles. The fourth-order valence-corrected chi connectivity index (χ4v) is 2.80. The number of nitrogen functional groups attached to an aromatic ring is 1. The number of nitrogens with zero attached hydrogens (tertiary/aromatic N) is 2. The van der Waals surface area contributed by atoms with Crippen molar-refractivity contribution in [1.82, 2.24) is 9.29 Å². The van der Waals surface area contributed by atoms with Crippen LogP contribution in [0.15, 0.2) is 23.2 Å². The van der Waals surface area contributed by atoms with E-state index in [1.165, 1.54) is 25.4 Å². The van der Waals surface area contributed by atoms with Crippen LogP contribution < -0.4 is 11.3 Å². The molecule has 0 unspecified atom stereocenters. The van der Waals surface area contributed by atoms with Gasteiger partial charge in [0.05, 0.1) is 10.5 Å². The molecule has 0 amide bonds. The van der Waals surface area contributed by atoms with Crippen LogP contribution in [-0.2, 0) is 10.0 Å². The number of likely N-dealkylation sites (N-methyl/N-ethyl adjacent to an activating group) is 1. The van der Waals surface area contributed by atoms with E-state index >= 15 is 0 Å². The summed E-state index contributed by atoms with van der Waals surface area (Å²) in [4.78, 5) is 3.90. The van der Waals surface area contributed by atoms with E-state index in [1.807, 2.05) is 0 Å². The Morgan fingerprint density at radius 1 is 1.56 bits per heavy atom. The summed E-state index contributed by atoms with van der Waals surface area (Å²) >= 11 is 0. The van der Waals surface area contributed by atoms with Gasteiger partial charge in [0.2, 0.25) is 10.0 Å². The van der Waals surface area contributed by atoms with E-state index in [1.54, 1.807) is 13.8 Å². The molecule has 0 saturated carbocycles. The first-order chi connectivity index (χ1) is 8.16. The lowest BCUT2D eigenvalue weighted by atomic mass is 10.1. The molecule has 7 nitrogen and oxygen atoms in total. The summed E-state index contributed by atoms with van der Waals surface area (Å²) in [6.07, 6.45) is 1.35. The molecule has 1 aromatic rings. The first-order valence-corrected chi connectivity index (χ1v) is 6.72. The molecule has 1 rings (SSSR count). The van der Waals surface area contributed by atoms with Crippen molar-refractivity contribution in [3.8, 4) is 0 Å². The zero-order valence-corrected chi connectivity index (χ0v) is 11.4. The molecule has 102 valence electrons. The van der Waals surface area contributed by atoms with Gasteiger partial charge in [-0.3, -0.25) is 0 Å². The minimum absolute atomic E-state index is 0.0109. The van der Waals surface area contributed by atoms with Crippen molar-refractivity contribution >= 4 is 15.8 Å². The van der Waals surface area contributed by atoms with E-state index in [4.69, 9.17) is 5.84 Å². The number of nitrogens with two attached hydrogens (primary N) is 1. The van der Waals surface area contributed by atoms with Crippen molar-refractivity contribution in [2.75, 3.05) is 19.0 Å². The van der Waals surface area contributed by atoms with Crippen molar-refractivity contribution < 1.29 is 13.5 Å². The minimum atomic E-state index is -3.67. The summed E-state index contributed by atoms with van der Waals surface area (Å²) in [6.45, 7) is 3.07. The van der Waals surface area contributed by atoms with Crippen molar-refractivity contribution in [2.24, 2.45) is 5.84 Å². The second-order valence-electron chi connectivity index (χ2n) is 4.59. The fraction of sp³-hybridized carbons (Fsp3) is 0.500. The van der Waals surface area contributed by atoms with E-state index < -0.39 is 15.6 Å². The highest BCUT2D eigenvalue weighted by Crippen LogP contribution is 2.18. The van der Waals surface area contributed by atoms with E-state index in [9.17, 15) is 13.5 Å². The van der Waals surface area contributed by atoms with E-state index in [0.29, 0.717) is 0 Å². The van der Waals surface area contributed by atoms with Gasteiger partial charge >= 0.3 is 0 Å². The normalized spacial score (nSPS) is 12.8. The van der Waals surface area contributed by atoms with Crippen LogP contribution in [0.25, 0.3) is 0 Å². The van der Waals surface area contributed by atoms with Crippen molar-refractivity contribution in [3.63, 3.8) is 0 Å². The Bertz CT molecular complexity index is 510. The molecule has 0 aromatic carbocycles. The highest BCUT2D eigenvalue weighted by atomic mass is 32.2. The third kappa shape index (κ3) is 3.64. The molecule has 1 heterocycles. The van der Waals surface area contributed by atoms with E-state index in [-0.39, 0.29) is 17.3 Å². The molecule has 18 heavy (non-hydrogen) atoms. The molecule has 0 aliphatic rings. The van der Waals surface area contributed by atoms with Crippen LogP contribution in [0.2, 0.25) is 0 Å². The third-order valence-electron chi connectivity index (χ3n) is 2.20. The van der Waals surface area contributed by atoms with Gasteiger partial charge in [-0.05, 0) is 19.9 Å².